The van der Waals surface area contributed by atoms with Crippen molar-refractivity contribution in [1.29, 1.82) is 0 Å². The summed E-state index contributed by atoms with van der Waals surface area (Å²) in [7, 11) is 0. The first-order valence-electron chi connectivity index (χ1n) is 14.0. The highest BCUT2D eigenvalue weighted by Crippen LogP contribution is 2.66. The molecule has 3 unspecified atom stereocenters. The van der Waals surface area contributed by atoms with Crippen LogP contribution in [0.3, 0.4) is 0 Å². The van der Waals surface area contributed by atoms with Crippen LogP contribution in [0, 0.1) is 11.3 Å². The third-order valence-corrected chi connectivity index (χ3v) is 8.56. The van der Waals surface area contributed by atoms with E-state index in [0.29, 0.717) is 6.61 Å². The van der Waals surface area contributed by atoms with Gasteiger partial charge in [0.1, 0.15) is 0 Å². The van der Waals surface area contributed by atoms with Gasteiger partial charge in [-0.3, -0.25) is 0 Å². The van der Waals surface area contributed by atoms with Gasteiger partial charge in [-0.15, -0.1) is 0 Å². The van der Waals surface area contributed by atoms with Crippen molar-refractivity contribution in [3.8, 4) is 0 Å². The van der Waals surface area contributed by atoms with Crippen molar-refractivity contribution in [1.82, 2.24) is 0 Å². The van der Waals surface area contributed by atoms with Crippen molar-refractivity contribution < 1.29 is 10.2 Å². The predicted octanol–water partition coefficient (Wildman–Crippen LogP) is 8.21. The minimum absolute atomic E-state index is 0.161. The van der Waals surface area contributed by atoms with Crippen LogP contribution in [0.5, 0.6) is 0 Å². The minimum atomic E-state index is -0.252. The molecule has 0 amide bonds. The zero-order chi connectivity index (χ0) is 24.5. The second kappa shape index (κ2) is 12.7. The van der Waals surface area contributed by atoms with Gasteiger partial charge in [-0.1, -0.05) is 118 Å². The van der Waals surface area contributed by atoms with E-state index in [9.17, 15) is 5.11 Å². The largest absolute Gasteiger partial charge is 0.396 e. The first-order valence-corrected chi connectivity index (χ1v) is 14.0. The van der Waals surface area contributed by atoms with Gasteiger partial charge >= 0.3 is 0 Å². The van der Waals surface area contributed by atoms with Gasteiger partial charge in [-0.2, -0.15) is 0 Å². The summed E-state index contributed by atoms with van der Waals surface area (Å²) in [4.78, 5) is 0. The number of allylic oxidation sites excluding steroid dienone is 3. The van der Waals surface area contributed by atoms with Gasteiger partial charge in [0.25, 0.3) is 0 Å². The molecule has 2 aliphatic rings. The Morgan fingerprint density at radius 1 is 0.800 bits per heavy atom. The van der Waals surface area contributed by atoms with Crippen LogP contribution < -0.4 is 0 Å². The molecule has 2 nitrogen and oxygen atoms in total. The maximum absolute atomic E-state index is 11.1. The van der Waals surface area contributed by atoms with Crippen molar-refractivity contribution in [3.05, 3.63) is 83.9 Å². The Bertz CT molecular complexity index is 961. The molecule has 0 aromatic heterocycles. The summed E-state index contributed by atoms with van der Waals surface area (Å²) in [5.41, 5.74) is 6.58. The monoisotopic (exact) mass is 472 g/mol. The molecule has 2 aromatic carbocycles. The van der Waals surface area contributed by atoms with Crippen LogP contribution in [0.2, 0.25) is 0 Å². The predicted molar refractivity (Wildman–Crippen MR) is 148 cm³/mol. The van der Waals surface area contributed by atoms with Crippen LogP contribution >= 0.6 is 0 Å². The summed E-state index contributed by atoms with van der Waals surface area (Å²) in [6.45, 7) is 5.01. The molecule has 35 heavy (non-hydrogen) atoms. The zero-order valence-electron chi connectivity index (χ0n) is 21.4. The maximum Gasteiger partial charge on any atom is 0.0583 e. The minimum Gasteiger partial charge on any atom is -0.396 e. The van der Waals surface area contributed by atoms with E-state index in [0.717, 1.165) is 38.5 Å². The fourth-order valence-corrected chi connectivity index (χ4v) is 6.80. The Morgan fingerprint density at radius 3 is 2.00 bits per heavy atom. The lowest BCUT2D eigenvalue weighted by Gasteiger charge is -2.37. The Balaban J connectivity index is 1.48. The topological polar surface area (TPSA) is 40.5 Å². The molecule has 2 aromatic rings. The highest BCUT2D eigenvalue weighted by Gasteiger charge is 2.56. The zero-order valence-corrected chi connectivity index (χ0v) is 21.4. The molecule has 0 saturated heterocycles. The normalized spacial score (nSPS) is 23.6. The highest BCUT2D eigenvalue weighted by molar-refractivity contribution is 5.90. The third-order valence-electron chi connectivity index (χ3n) is 8.56. The third kappa shape index (κ3) is 5.81. The number of aliphatic hydroxyl groups excluding tert-OH is 2. The van der Waals surface area contributed by atoms with Gasteiger partial charge in [-0.05, 0) is 60.8 Å². The first-order chi connectivity index (χ1) is 17.2. The molecule has 3 atom stereocenters. The van der Waals surface area contributed by atoms with Gasteiger partial charge in [0.2, 0.25) is 0 Å². The number of aliphatic hydroxyl groups is 2. The second-order valence-electron chi connectivity index (χ2n) is 10.7. The van der Waals surface area contributed by atoms with Crippen LogP contribution in [0.25, 0.3) is 11.1 Å². The molecule has 2 N–H and O–H groups in total. The summed E-state index contributed by atoms with van der Waals surface area (Å²) in [6, 6.07) is 21.6. The molecule has 1 saturated carbocycles. The molecule has 0 aliphatic heterocycles. The van der Waals surface area contributed by atoms with Crippen molar-refractivity contribution in [2.24, 2.45) is 11.3 Å². The molecule has 1 fully saturated rings. The number of rotatable bonds is 14. The quantitative estimate of drug-likeness (QED) is 0.272. The Labute approximate surface area is 212 Å². The summed E-state index contributed by atoms with van der Waals surface area (Å²) >= 11 is 0. The fourth-order valence-electron chi connectivity index (χ4n) is 6.80. The number of hydrogen-bond donors (Lipinski definition) is 2. The lowest BCUT2D eigenvalue weighted by Crippen LogP contribution is -2.29. The molecule has 2 aliphatic carbocycles. The van der Waals surface area contributed by atoms with Gasteiger partial charge in [-0.25, -0.2) is 0 Å². The number of benzene rings is 2. The maximum atomic E-state index is 11.1. The molecular formula is C33H44O2. The smallest absolute Gasteiger partial charge is 0.0583 e. The van der Waals surface area contributed by atoms with E-state index in [1.54, 1.807) is 5.57 Å². The van der Waals surface area contributed by atoms with Crippen molar-refractivity contribution in [2.45, 2.75) is 89.6 Å². The van der Waals surface area contributed by atoms with Crippen LogP contribution in [0.1, 0.15) is 94.6 Å². The SMILES string of the molecule is C=C(c1ccccc1)C12CCC(O)C1CC(CCCCCCCCCCCO)=C2c1ccccc1. The van der Waals surface area contributed by atoms with E-state index in [-0.39, 0.29) is 17.4 Å². The van der Waals surface area contributed by atoms with Crippen molar-refractivity contribution in [3.63, 3.8) is 0 Å². The summed E-state index contributed by atoms with van der Waals surface area (Å²) in [6.07, 6.45) is 14.8. The van der Waals surface area contributed by atoms with E-state index < -0.39 is 0 Å². The van der Waals surface area contributed by atoms with Gasteiger partial charge in [0.15, 0.2) is 0 Å². The van der Waals surface area contributed by atoms with Gasteiger partial charge < -0.3 is 10.2 Å². The van der Waals surface area contributed by atoms with Crippen molar-refractivity contribution in [2.75, 3.05) is 6.61 Å². The Morgan fingerprint density at radius 2 is 1.37 bits per heavy atom. The molecule has 188 valence electrons. The molecule has 0 bridgehead atoms. The molecule has 0 heterocycles. The van der Waals surface area contributed by atoms with Gasteiger partial charge in [0.05, 0.1) is 6.10 Å². The number of fused-ring (bicyclic) bond motifs is 1. The number of hydrogen-bond acceptors (Lipinski definition) is 2. The molecule has 4 rings (SSSR count). The lowest BCUT2D eigenvalue weighted by molar-refractivity contribution is 0.120. The summed E-state index contributed by atoms with van der Waals surface area (Å²) in [5, 5.41) is 20.0. The van der Waals surface area contributed by atoms with Crippen LogP contribution in [0.15, 0.2) is 72.8 Å². The first kappa shape index (κ1) is 25.9. The molecular weight excluding hydrogens is 428 g/mol. The summed E-state index contributed by atoms with van der Waals surface area (Å²) in [5.74, 6) is 0.235. The standard InChI is InChI=1S/C33H44O2/c1-26(27-17-12-9-13-18-27)33-23-22-31(35)30(33)25-29(32(33)28-19-14-10-15-20-28)21-11-7-5-3-2-4-6-8-16-24-34/h9-10,12-15,17-20,30-31,34-35H,1-8,11,16,21-25H2. The van der Waals surface area contributed by atoms with Crippen molar-refractivity contribution >= 4 is 11.1 Å². The summed E-state index contributed by atoms with van der Waals surface area (Å²) < 4.78 is 0. The van der Waals surface area contributed by atoms with E-state index in [4.69, 9.17) is 5.11 Å². The lowest BCUT2D eigenvalue weighted by atomic mass is 9.66. The molecule has 0 radical (unpaired) electrons. The van der Waals surface area contributed by atoms with Crippen LogP contribution in [0.4, 0.5) is 0 Å². The fraction of sp³-hybridized carbons (Fsp3) is 0.515. The van der Waals surface area contributed by atoms with E-state index in [1.807, 2.05) is 0 Å². The van der Waals surface area contributed by atoms with E-state index >= 15 is 0 Å². The second-order valence-corrected chi connectivity index (χ2v) is 10.7. The molecule has 2 heteroatoms. The Hall–Kier alpha value is -2.16. The van der Waals surface area contributed by atoms with E-state index in [1.165, 1.54) is 67.2 Å². The number of unbranched alkanes of at least 4 members (excludes halogenated alkanes) is 8. The average Bonchev–Trinajstić information content (AvgIpc) is 3.40. The highest BCUT2D eigenvalue weighted by atomic mass is 16.3. The van der Waals surface area contributed by atoms with Crippen LogP contribution in [-0.4, -0.2) is 22.9 Å². The van der Waals surface area contributed by atoms with E-state index in [2.05, 4.69) is 67.2 Å². The Kier molecular flexibility index (Phi) is 9.40. The average molecular weight is 473 g/mol. The van der Waals surface area contributed by atoms with Crippen LogP contribution in [-0.2, 0) is 0 Å². The van der Waals surface area contributed by atoms with Gasteiger partial charge in [0, 0.05) is 17.9 Å². The molecule has 0 spiro atoms.